The van der Waals surface area contributed by atoms with Gasteiger partial charge in [-0.25, -0.2) is 4.79 Å². The van der Waals surface area contributed by atoms with Gasteiger partial charge in [-0.1, -0.05) is 18.2 Å². The summed E-state index contributed by atoms with van der Waals surface area (Å²) in [7, 11) is 0. The van der Waals surface area contributed by atoms with Crippen LogP contribution in [0.4, 0.5) is 10.5 Å². The molecule has 0 radical (unpaired) electrons. The molecule has 0 saturated carbocycles. The van der Waals surface area contributed by atoms with Gasteiger partial charge in [-0.2, -0.15) is 0 Å². The number of nitrogens with one attached hydrogen (secondary N) is 1. The van der Waals surface area contributed by atoms with Crippen molar-refractivity contribution in [3.8, 4) is 0 Å². The van der Waals surface area contributed by atoms with E-state index in [1.165, 1.54) is 19.1 Å². The van der Waals surface area contributed by atoms with E-state index in [4.69, 9.17) is 0 Å². The summed E-state index contributed by atoms with van der Waals surface area (Å²) in [6.45, 7) is 2.41. The third kappa shape index (κ3) is 5.00. The van der Waals surface area contributed by atoms with E-state index in [9.17, 15) is 19.2 Å². The van der Waals surface area contributed by atoms with E-state index in [0.717, 1.165) is 30.8 Å². The van der Waals surface area contributed by atoms with Crippen LogP contribution in [0.5, 0.6) is 0 Å². The minimum absolute atomic E-state index is 0.170. The summed E-state index contributed by atoms with van der Waals surface area (Å²) in [6.07, 6.45) is 5.23. The zero-order valence-electron chi connectivity index (χ0n) is 14.1. The van der Waals surface area contributed by atoms with Crippen molar-refractivity contribution >= 4 is 35.9 Å². The van der Waals surface area contributed by atoms with E-state index in [1.807, 2.05) is 0 Å². The zero-order chi connectivity index (χ0) is 18.2. The molecule has 1 fully saturated rings. The summed E-state index contributed by atoms with van der Waals surface area (Å²) < 4.78 is 0. The zero-order valence-corrected chi connectivity index (χ0v) is 14.1. The van der Waals surface area contributed by atoms with Crippen molar-refractivity contribution in [3.63, 3.8) is 0 Å². The Bertz CT molecular complexity index is 693. The van der Waals surface area contributed by atoms with Crippen molar-refractivity contribution in [3.05, 3.63) is 35.9 Å². The maximum absolute atomic E-state index is 12.2. The molecular formula is C18H21N3O4. The van der Waals surface area contributed by atoms with E-state index in [0.29, 0.717) is 17.5 Å². The van der Waals surface area contributed by atoms with E-state index in [2.05, 4.69) is 5.32 Å². The Morgan fingerprint density at radius 3 is 2.52 bits per heavy atom. The van der Waals surface area contributed by atoms with Crippen molar-refractivity contribution < 1.29 is 19.2 Å². The van der Waals surface area contributed by atoms with E-state index >= 15 is 0 Å². The Labute approximate surface area is 146 Å². The van der Waals surface area contributed by atoms with Gasteiger partial charge in [0.05, 0.1) is 6.54 Å². The average Bonchev–Trinajstić information content (AvgIpc) is 3.13. The van der Waals surface area contributed by atoms with Crippen LogP contribution in [-0.2, 0) is 14.4 Å². The van der Waals surface area contributed by atoms with Gasteiger partial charge < -0.3 is 15.0 Å². The molecule has 1 aromatic carbocycles. The third-order valence-electron chi connectivity index (χ3n) is 3.90. The first kappa shape index (κ1) is 18.4. The second kappa shape index (κ2) is 8.77. The number of para-hydroxylation sites is 1. The second-order valence-electron chi connectivity index (χ2n) is 5.68. The van der Waals surface area contributed by atoms with Gasteiger partial charge in [-0.15, -0.1) is 0 Å². The summed E-state index contributed by atoms with van der Waals surface area (Å²) in [5, 5.41) is 2.84. The van der Waals surface area contributed by atoms with E-state index < -0.39 is 11.8 Å². The minimum Gasteiger partial charge on any atom is -0.325 e. The molecule has 132 valence electrons. The first-order valence-electron chi connectivity index (χ1n) is 8.11. The van der Waals surface area contributed by atoms with Gasteiger partial charge >= 0.3 is 6.03 Å². The maximum atomic E-state index is 12.2. The summed E-state index contributed by atoms with van der Waals surface area (Å²) in [4.78, 5) is 48.8. The summed E-state index contributed by atoms with van der Waals surface area (Å²) in [5.41, 5.74) is 1.21. The van der Waals surface area contributed by atoms with Crippen LogP contribution in [0.1, 0.15) is 25.3 Å². The number of nitrogens with zero attached hydrogens (tertiary/aromatic N) is 2. The molecule has 2 rings (SSSR count). The normalized spacial score (nSPS) is 13.7. The Morgan fingerprint density at radius 2 is 1.88 bits per heavy atom. The molecule has 1 heterocycles. The molecule has 1 N–H and O–H groups in total. The molecule has 0 unspecified atom stereocenters. The lowest BCUT2D eigenvalue weighted by molar-refractivity contribution is -0.141. The average molecular weight is 343 g/mol. The van der Waals surface area contributed by atoms with Crippen molar-refractivity contribution in [2.24, 2.45) is 0 Å². The first-order valence-corrected chi connectivity index (χ1v) is 8.11. The molecule has 0 atom stereocenters. The molecule has 1 aliphatic heterocycles. The SMILES string of the molecule is CC(=O)N(CC=O)C(=O)/C=C/c1ccccc1NC(=O)N1CCCC1. The number of aldehydes is 1. The van der Waals surface area contributed by atoms with Crippen LogP contribution >= 0.6 is 0 Å². The lowest BCUT2D eigenvalue weighted by Crippen LogP contribution is -2.35. The van der Waals surface area contributed by atoms with Crippen LogP contribution in [0, 0.1) is 0 Å². The fourth-order valence-electron chi connectivity index (χ4n) is 2.57. The summed E-state index contributed by atoms with van der Waals surface area (Å²) in [6, 6.07) is 6.89. The Balaban J connectivity index is 2.11. The topological polar surface area (TPSA) is 86.8 Å². The van der Waals surface area contributed by atoms with Gasteiger partial charge in [0.1, 0.15) is 6.29 Å². The standard InChI is InChI=1S/C18H21N3O4/c1-14(23)21(12-13-22)17(24)9-8-15-6-2-3-7-16(15)19-18(25)20-10-4-5-11-20/h2-3,6-9,13H,4-5,10-12H2,1H3,(H,19,25)/b9-8+. The lowest BCUT2D eigenvalue weighted by atomic mass is 10.1. The smallest absolute Gasteiger partial charge is 0.321 e. The molecule has 0 bridgehead atoms. The number of likely N-dealkylation sites (tertiary alicyclic amines) is 1. The third-order valence-corrected chi connectivity index (χ3v) is 3.90. The fourth-order valence-corrected chi connectivity index (χ4v) is 2.57. The molecule has 4 amide bonds. The number of imide groups is 1. The van der Waals surface area contributed by atoms with E-state index in [-0.39, 0.29) is 12.6 Å². The van der Waals surface area contributed by atoms with Crippen molar-refractivity contribution in [2.45, 2.75) is 19.8 Å². The van der Waals surface area contributed by atoms with Crippen molar-refractivity contribution in [2.75, 3.05) is 25.0 Å². The van der Waals surface area contributed by atoms with Gasteiger partial charge in [0.2, 0.25) is 5.91 Å². The highest BCUT2D eigenvalue weighted by atomic mass is 16.2. The number of hydrogen-bond donors (Lipinski definition) is 1. The first-order chi connectivity index (χ1) is 12.0. The molecule has 0 aliphatic carbocycles. The number of anilines is 1. The molecule has 7 heteroatoms. The highest BCUT2D eigenvalue weighted by molar-refractivity contribution is 6.04. The highest BCUT2D eigenvalue weighted by Crippen LogP contribution is 2.18. The van der Waals surface area contributed by atoms with Gasteiger partial charge in [-0.3, -0.25) is 14.5 Å². The van der Waals surface area contributed by atoms with Gasteiger partial charge in [-0.05, 0) is 30.5 Å². The fraction of sp³-hybridized carbons (Fsp3) is 0.333. The predicted molar refractivity (Wildman–Crippen MR) is 93.8 cm³/mol. The van der Waals surface area contributed by atoms with Crippen LogP contribution in [-0.4, -0.2) is 53.6 Å². The molecule has 0 spiro atoms. The van der Waals surface area contributed by atoms with Crippen molar-refractivity contribution in [1.29, 1.82) is 0 Å². The van der Waals surface area contributed by atoms with Gasteiger partial charge in [0.15, 0.2) is 0 Å². The Morgan fingerprint density at radius 1 is 1.20 bits per heavy atom. The largest absolute Gasteiger partial charge is 0.325 e. The maximum Gasteiger partial charge on any atom is 0.321 e. The van der Waals surface area contributed by atoms with Crippen molar-refractivity contribution in [1.82, 2.24) is 9.80 Å². The number of amides is 4. The monoisotopic (exact) mass is 343 g/mol. The number of carbonyl (C=O) groups is 4. The Kier molecular flexibility index (Phi) is 6.45. The number of carbonyl (C=O) groups excluding carboxylic acids is 4. The predicted octanol–water partition coefficient (Wildman–Crippen LogP) is 1.90. The number of rotatable bonds is 5. The number of benzene rings is 1. The summed E-state index contributed by atoms with van der Waals surface area (Å²) >= 11 is 0. The molecule has 7 nitrogen and oxygen atoms in total. The molecule has 25 heavy (non-hydrogen) atoms. The molecule has 1 aliphatic rings. The molecule has 0 aromatic heterocycles. The van der Waals surface area contributed by atoms with E-state index in [1.54, 1.807) is 29.2 Å². The molecule has 1 aromatic rings. The van der Waals surface area contributed by atoms with Crippen LogP contribution in [0.25, 0.3) is 6.08 Å². The quantitative estimate of drug-likeness (QED) is 0.653. The second-order valence-corrected chi connectivity index (χ2v) is 5.68. The van der Waals surface area contributed by atoms with Crippen LogP contribution in [0.2, 0.25) is 0 Å². The van der Waals surface area contributed by atoms with Crippen LogP contribution in [0.3, 0.4) is 0 Å². The highest BCUT2D eigenvalue weighted by Gasteiger charge is 2.18. The van der Waals surface area contributed by atoms with Gasteiger partial charge in [0, 0.05) is 31.8 Å². The summed E-state index contributed by atoms with van der Waals surface area (Å²) in [5.74, 6) is -1.09. The molecular weight excluding hydrogens is 322 g/mol. The Hall–Kier alpha value is -2.96. The minimum atomic E-state index is -0.583. The van der Waals surface area contributed by atoms with Crippen LogP contribution < -0.4 is 5.32 Å². The molecule has 1 saturated heterocycles. The number of urea groups is 1. The number of hydrogen-bond acceptors (Lipinski definition) is 4. The van der Waals surface area contributed by atoms with Crippen LogP contribution in [0.15, 0.2) is 30.3 Å². The van der Waals surface area contributed by atoms with Gasteiger partial charge in [0.25, 0.3) is 5.91 Å². The lowest BCUT2D eigenvalue weighted by Gasteiger charge is -2.17.